The molecule has 2 radical (unpaired) electrons. The maximum Gasteiger partial charge on any atom is 0.231 e. The van der Waals surface area contributed by atoms with Gasteiger partial charge in [0.25, 0.3) is 0 Å². The molecule has 0 saturated carbocycles. The first kappa shape index (κ1) is 7.16. The van der Waals surface area contributed by atoms with E-state index in [1.807, 2.05) is 0 Å². The number of ether oxygens (including phenoxy) is 2. The SMILES string of the molecule is [CH]C(=O)c1ccc2c(c1)OCO2. The zero-order valence-electron chi connectivity index (χ0n) is 6.24. The first-order valence-corrected chi connectivity index (χ1v) is 3.47. The van der Waals surface area contributed by atoms with Crippen LogP contribution in [0, 0.1) is 6.92 Å². The second-order valence-electron chi connectivity index (χ2n) is 2.43. The molecule has 12 heavy (non-hydrogen) atoms. The second-order valence-corrected chi connectivity index (χ2v) is 2.43. The van der Waals surface area contributed by atoms with E-state index in [0.29, 0.717) is 17.1 Å². The minimum atomic E-state index is -0.465. The number of fused-ring (bicyclic) bond motifs is 1. The summed E-state index contributed by atoms with van der Waals surface area (Å²) in [6, 6.07) is 4.85. The Morgan fingerprint density at radius 3 is 2.83 bits per heavy atom. The van der Waals surface area contributed by atoms with Gasteiger partial charge in [0.2, 0.25) is 6.79 Å². The Hall–Kier alpha value is -1.51. The van der Waals surface area contributed by atoms with Crippen LogP contribution in [0.15, 0.2) is 18.2 Å². The normalized spacial score (nSPS) is 13.1. The smallest absolute Gasteiger partial charge is 0.231 e. The Kier molecular flexibility index (Phi) is 1.50. The summed E-state index contributed by atoms with van der Waals surface area (Å²) in [6.07, 6.45) is 0. The van der Waals surface area contributed by atoms with E-state index >= 15 is 0 Å². The summed E-state index contributed by atoms with van der Waals surface area (Å²) >= 11 is 0. The Balaban J connectivity index is 2.45. The molecule has 0 aromatic heterocycles. The largest absolute Gasteiger partial charge is 0.454 e. The maximum atomic E-state index is 10.7. The Morgan fingerprint density at radius 2 is 2.08 bits per heavy atom. The van der Waals surface area contributed by atoms with Crippen molar-refractivity contribution in [3.8, 4) is 11.5 Å². The fourth-order valence-electron chi connectivity index (χ4n) is 1.05. The minimum Gasteiger partial charge on any atom is -0.454 e. The fraction of sp³-hybridized carbons (Fsp3) is 0.111. The van der Waals surface area contributed by atoms with Crippen molar-refractivity contribution in [3.63, 3.8) is 0 Å². The average molecular weight is 162 g/mol. The van der Waals surface area contributed by atoms with Gasteiger partial charge in [-0.25, -0.2) is 0 Å². The van der Waals surface area contributed by atoms with Crippen molar-refractivity contribution >= 4 is 5.78 Å². The molecule has 0 aliphatic carbocycles. The van der Waals surface area contributed by atoms with Crippen molar-refractivity contribution in [1.82, 2.24) is 0 Å². The summed E-state index contributed by atoms with van der Waals surface area (Å²) in [5.41, 5.74) is 0.430. The molecule has 0 fully saturated rings. The number of Topliss-reactive ketones (excluding diaryl/α,β-unsaturated/α-hetero) is 1. The molecule has 3 heteroatoms. The molecule has 0 atom stereocenters. The van der Waals surface area contributed by atoms with Gasteiger partial charge in [-0.2, -0.15) is 0 Å². The molecule has 1 aromatic carbocycles. The number of carbonyl (C=O) groups excluding carboxylic acids is 1. The predicted octanol–water partition coefficient (Wildman–Crippen LogP) is 1.31. The molecule has 3 nitrogen and oxygen atoms in total. The molecule has 1 aliphatic rings. The van der Waals surface area contributed by atoms with Gasteiger partial charge in [0.05, 0.1) is 0 Å². The van der Waals surface area contributed by atoms with Crippen LogP contribution in [0.3, 0.4) is 0 Å². The third kappa shape index (κ3) is 1.03. The van der Waals surface area contributed by atoms with E-state index in [-0.39, 0.29) is 6.79 Å². The van der Waals surface area contributed by atoms with Gasteiger partial charge >= 0.3 is 0 Å². The lowest BCUT2D eigenvalue weighted by atomic mass is 10.1. The molecular formula is C9H6O3. The van der Waals surface area contributed by atoms with Gasteiger partial charge in [-0.1, -0.05) is 0 Å². The first-order valence-electron chi connectivity index (χ1n) is 3.47. The second kappa shape index (κ2) is 2.52. The molecule has 0 bridgehead atoms. The van der Waals surface area contributed by atoms with E-state index in [1.54, 1.807) is 18.2 Å². The molecule has 60 valence electrons. The highest BCUT2D eigenvalue weighted by Gasteiger charge is 2.14. The quantitative estimate of drug-likeness (QED) is 0.584. The van der Waals surface area contributed by atoms with Crippen LogP contribution in [-0.2, 0) is 0 Å². The minimum absolute atomic E-state index is 0.206. The van der Waals surface area contributed by atoms with Crippen molar-refractivity contribution in [2.45, 2.75) is 0 Å². The maximum absolute atomic E-state index is 10.7. The molecule has 0 unspecified atom stereocenters. The lowest BCUT2D eigenvalue weighted by molar-refractivity contribution is 0.104. The fourth-order valence-corrected chi connectivity index (χ4v) is 1.05. The van der Waals surface area contributed by atoms with E-state index in [2.05, 4.69) is 0 Å². The molecule has 1 aromatic rings. The van der Waals surface area contributed by atoms with Crippen LogP contribution in [0.5, 0.6) is 11.5 Å². The van der Waals surface area contributed by atoms with E-state index in [9.17, 15) is 4.79 Å². The van der Waals surface area contributed by atoms with Gasteiger partial charge in [0, 0.05) is 12.5 Å². The van der Waals surface area contributed by atoms with Gasteiger partial charge in [0.15, 0.2) is 17.3 Å². The average Bonchev–Trinajstić information content (AvgIpc) is 2.49. The van der Waals surface area contributed by atoms with Gasteiger partial charge in [0.1, 0.15) is 0 Å². The van der Waals surface area contributed by atoms with Crippen LogP contribution in [0.4, 0.5) is 0 Å². The van der Waals surface area contributed by atoms with Gasteiger partial charge in [-0.15, -0.1) is 0 Å². The van der Waals surface area contributed by atoms with Crippen LogP contribution >= 0.6 is 0 Å². The third-order valence-electron chi connectivity index (χ3n) is 1.66. The summed E-state index contributed by atoms with van der Waals surface area (Å²) in [5, 5.41) is 0. The Morgan fingerprint density at radius 1 is 1.33 bits per heavy atom. The molecule has 0 saturated heterocycles. The molecular weight excluding hydrogens is 156 g/mol. The monoisotopic (exact) mass is 162 g/mol. The Labute approximate surface area is 69.9 Å². The van der Waals surface area contributed by atoms with Crippen molar-refractivity contribution in [3.05, 3.63) is 30.7 Å². The molecule has 1 aliphatic heterocycles. The number of carbonyl (C=O) groups is 1. The van der Waals surface area contributed by atoms with Crippen molar-refractivity contribution in [2.24, 2.45) is 0 Å². The highest BCUT2D eigenvalue weighted by molar-refractivity contribution is 5.99. The van der Waals surface area contributed by atoms with Crippen molar-refractivity contribution in [1.29, 1.82) is 0 Å². The number of benzene rings is 1. The highest BCUT2D eigenvalue weighted by Crippen LogP contribution is 2.32. The van der Waals surface area contributed by atoms with Gasteiger partial charge < -0.3 is 9.47 Å². The summed E-state index contributed by atoms with van der Waals surface area (Å²) in [6.45, 7) is 5.28. The van der Waals surface area contributed by atoms with Gasteiger partial charge in [-0.3, -0.25) is 4.79 Å². The van der Waals surface area contributed by atoms with Crippen LogP contribution in [-0.4, -0.2) is 12.6 Å². The predicted molar refractivity (Wildman–Crippen MR) is 41.2 cm³/mol. The van der Waals surface area contributed by atoms with E-state index in [4.69, 9.17) is 16.4 Å². The topological polar surface area (TPSA) is 35.5 Å². The van der Waals surface area contributed by atoms with Crippen LogP contribution < -0.4 is 9.47 Å². The standard InChI is InChI=1S/C9H6O3/c1-6(10)7-2-3-8-9(4-7)12-5-11-8/h1-4H,5H2. The summed E-state index contributed by atoms with van der Waals surface area (Å²) in [5.74, 6) is 0.764. The molecule has 1 heterocycles. The molecule has 0 N–H and O–H groups in total. The lowest BCUT2D eigenvalue weighted by Gasteiger charge is -1.97. The summed E-state index contributed by atoms with van der Waals surface area (Å²) < 4.78 is 10.1. The zero-order valence-corrected chi connectivity index (χ0v) is 6.24. The van der Waals surface area contributed by atoms with E-state index < -0.39 is 5.78 Å². The summed E-state index contributed by atoms with van der Waals surface area (Å²) in [4.78, 5) is 10.7. The number of hydrogen-bond acceptors (Lipinski definition) is 3. The summed E-state index contributed by atoms with van der Waals surface area (Å²) in [7, 11) is 0. The zero-order chi connectivity index (χ0) is 8.55. The lowest BCUT2D eigenvalue weighted by Crippen LogP contribution is -1.93. The molecule has 0 amide bonds. The number of rotatable bonds is 1. The molecule has 0 spiro atoms. The highest BCUT2D eigenvalue weighted by atomic mass is 16.7. The van der Waals surface area contributed by atoms with E-state index in [1.165, 1.54) is 0 Å². The van der Waals surface area contributed by atoms with Crippen LogP contribution in [0.1, 0.15) is 10.4 Å². The van der Waals surface area contributed by atoms with E-state index in [0.717, 1.165) is 0 Å². The Bertz CT molecular complexity index is 331. The van der Waals surface area contributed by atoms with Crippen LogP contribution in [0.2, 0.25) is 0 Å². The molecule has 2 rings (SSSR count). The first-order chi connectivity index (χ1) is 5.77. The van der Waals surface area contributed by atoms with Crippen LogP contribution in [0.25, 0.3) is 0 Å². The number of hydrogen-bond donors (Lipinski definition) is 0. The van der Waals surface area contributed by atoms with Crippen molar-refractivity contribution in [2.75, 3.05) is 6.79 Å². The van der Waals surface area contributed by atoms with Gasteiger partial charge in [-0.05, 0) is 18.2 Å². The number of ketones is 1. The van der Waals surface area contributed by atoms with Crippen molar-refractivity contribution < 1.29 is 14.3 Å². The third-order valence-corrected chi connectivity index (χ3v) is 1.66.